The third-order valence-electron chi connectivity index (χ3n) is 7.68. The van der Waals surface area contributed by atoms with Gasteiger partial charge in [-0.15, -0.1) is 0 Å². The zero-order valence-electron chi connectivity index (χ0n) is 23.1. The summed E-state index contributed by atoms with van der Waals surface area (Å²) >= 11 is 0. The van der Waals surface area contributed by atoms with E-state index in [4.69, 9.17) is 0 Å². The molecule has 194 valence electrons. The van der Waals surface area contributed by atoms with Gasteiger partial charge in [0.25, 0.3) is 0 Å². The summed E-state index contributed by atoms with van der Waals surface area (Å²) in [6, 6.07) is 46.6. The molecule has 0 aliphatic rings. The minimum Gasteiger partial charge on any atom is -0.338 e. The average Bonchev–Trinajstić information content (AvgIpc) is 3.29. The molecule has 0 aliphatic carbocycles. The molecule has 0 radical (unpaired) electrons. The topological polar surface area (TPSA) is 8.17 Å². The van der Waals surface area contributed by atoms with E-state index in [2.05, 4.69) is 158 Å². The summed E-state index contributed by atoms with van der Waals surface area (Å²) in [7, 11) is 0. The van der Waals surface area contributed by atoms with Crippen LogP contribution in [0.15, 0.2) is 127 Å². The van der Waals surface area contributed by atoms with Crippen molar-refractivity contribution in [2.75, 3.05) is 4.90 Å². The highest BCUT2D eigenvalue weighted by atomic mass is 15.1. The van der Waals surface area contributed by atoms with Crippen LogP contribution >= 0.6 is 0 Å². The van der Waals surface area contributed by atoms with Crippen molar-refractivity contribution in [1.82, 2.24) is 4.57 Å². The van der Waals surface area contributed by atoms with E-state index >= 15 is 0 Å². The summed E-state index contributed by atoms with van der Waals surface area (Å²) in [5.41, 5.74) is 8.98. The van der Waals surface area contributed by atoms with Crippen LogP contribution in [0.3, 0.4) is 0 Å². The Balaban J connectivity index is 1.22. The zero-order chi connectivity index (χ0) is 26.8. The number of hydrogen-bond donors (Lipinski definition) is 0. The van der Waals surface area contributed by atoms with E-state index in [1.807, 2.05) is 0 Å². The molecule has 2 nitrogen and oxygen atoms in total. The summed E-state index contributed by atoms with van der Waals surface area (Å²) < 4.78 is 2.49. The van der Waals surface area contributed by atoms with E-state index < -0.39 is 0 Å². The maximum absolute atomic E-state index is 2.49. The van der Waals surface area contributed by atoms with Crippen molar-refractivity contribution in [2.45, 2.75) is 39.7 Å². The van der Waals surface area contributed by atoms with Crippen molar-refractivity contribution >= 4 is 38.9 Å². The summed E-state index contributed by atoms with van der Waals surface area (Å²) in [6.07, 6.45) is 2.12. The van der Waals surface area contributed by atoms with Gasteiger partial charge >= 0.3 is 0 Å². The zero-order valence-corrected chi connectivity index (χ0v) is 23.1. The largest absolute Gasteiger partial charge is 0.338 e. The summed E-state index contributed by atoms with van der Waals surface area (Å²) in [5.74, 6) is 0.546. The van der Waals surface area contributed by atoms with Crippen LogP contribution in [0.5, 0.6) is 0 Å². The SMILES string of the molecule is CC(Cc1ccc(N(c2ccccc2)c2ccccc2)cc1)Cc1ccc2c3ccccc3n(C(C)C)c2c1. The molecule has 2 heteroatoms. The van der Waals surface area contributed by atoms with Gasteiger partial charge in [0.2, 0.25) is 0 Å². The number of aromatic nitrogens is 1. The third kappa shape index (κ3) is 5.07. The normalized spacial score (nSPS) is 12.3. The first kappa shape index (κ1) is 25.0. The van der Waals surface area contributed by atoms with Crippen LogP contribution in [0.1, 0.15) is 37.9 Å². The standard InChI is InChI=1S/C37H36N2/c1-27(2)38-36-17-11-10-16-34(36)35-23-20-30(26-37(35)38)25-28(3)24-29-18-21-33(22-19-29)39(31-12-6-4-7-13-31)32-14-8-5-9-15-32/h4-23,26-28H,24-25H2,1-3H3. The molecule has 0 N–H and O–H groups in total. The highest BCUT2D eigenvalue weighted by Gasteiger charge is 2.15. The van der Waals surface area contributed by atoms with Gasteiger partial charge in [-0.3, -0.25) is 0 Å². The minimum absolute atomic E-state index is 0.421. The molecule has 6 aromatic rings. The quantitative estimate of drug-likeness (QED) is 0.198. The van der Waals surface area contributed by atoms with Crippen LogP contribution in [0.4, 0.5) is 17.1 Å². The molecular weight excluding hydrogens is 472 g/mol. The number of rotatable bonds is 8. The maximum atomic E-state index is 2.49. The van der Waals surface area contributed by atoms with E-state index in [0.717, 1.165) is 12.8 Å². The number of hydrogen-bond acceptors (Lipinski definition) is 1. The lowest BCUT2D eigenvalue weighted by Gasteiger charge is -2.25. The summed E-state index contributed by atoms with van der Waals surface area (Å²) in [6.45, 7) is 6.93. The van der Waals surface area contributed by atoms with E-state index in [-0.39, 0.29) is 0 Å². The Bertz CT molecular complexity index is 1640. The maximum Gasteiger partial charge on any atom is 0.0496 e. The number of nitrogens with zero attached hydrogens (tertiary/aromatic N) is 2. The van der Waals surface area contributed by atoms with Gasteiger partial charge in [-0.1, -0.05) is 85.8 Å². The fourth-order valence-electron chi connectivity index (χ4n) is 5.99. The molecular formula is C37H36N2. The number of anilines is 3. The smallest absolute Gasteiger partial charge is 0.0496 e. The van der Waals surface area contributed by atoms with Crippen LogP contribution in [-0.4, -0.2) is 4.57 Å². The monoisotopic (exact) mass is 508 g/mol. The lowest BCUT2D eigenvalue weighted by Crippen LogP contribution is -2.10. The Kier molecular flexibility index (Phi) is 6.94. The lowest BCUT2D eigenvalue weighted by atomic mass is 9.93. The second-order valence-electron chi connectivity index (χ2n) is 11.0. The van der Waals surface area contributed by atoms with Gasteiger partial charge in [0.1, 0.15) is 0 Å². The van der Waals surface area contributed by atoms with Crippen LogP contribution < -0.4 is 4.90 Å². The summed E-state index contributed by atoms with van der Waals surface area (Å²) in [4.78, 5) is 2.32. The molecule has 1 atom stereocenters. The van der Waals surface area contributed by atoms with Crippen LogP contribution in [0.25, 0.3) is 21.8 Å². The molecule has 1 aromatic heterocycles. The van der Waals surface area contributed by atoms with Gasteiger partial charge < -0.3 is 9.47 Å². The number of benzene rings is 5. The van der Waals surface area contributed by atoms with Crippen LogP contribution in [0.2, 0.25) is 0 Å². The van der Waals surface area contributed by atoms with E-state index in [1.165, 1.54) is 50.0 Å². The fourth-order valence-corrected chi connectivity index (χ4v) is 5.99. The van der Waals surface area contributed by atoms with Crippen molar-refractivity contribution in [1.29, 1.82) is 0 Å². The van der Waals surface area contributed by atoms with Gasteiger partial charge in [-0.2, -0.15) is 0 Å². The van der Waals surface area contributed by atoms with Gasteiger partial charge in [-0.05, 0) is 92.3 Å². The third-order valence-corrected chi connectivity index (χ3v) is 7.68. The predicted octanol–water partition coefficient (Wildman–Crippen LogP) is 10.3. The van der Waals surface area contributed by atoms with Gasteiger partial charge in [0, 0.05) is 44.9 Å². The molecule has 0 aliphatic heterocycles. The molecule has 1 heterocycles. The predicted molar refractivity (Wildman–Crippen MR) is 168 cm³/mol. The Labute approximate surface area is 232 Å². The molecule has 0 spiro atoms. The molecule has 6 rings (SSSR count). The number of fused-ring (bicyclic) bond motifs is 3. The Hall–Kier alpha value is -4.30. The molecule has 0 amide bonds. The Morgan fingerprint density at radius 1 is 0.513 bits per heavy atom. The molecule has 1 unspecified atom stereocenters. The van der Waals surface area contributed by atoms with Gasteiger partial charge in [0.15, 0.2) is 0 Å². The van der Waals surface area contributed by atoms with Gasteiger partial charge in [0.05, 0.1) is 0 Å². The Morgan fingerprint density at radius 2 is 1.03 bits per heavy atom. The first-order valence-electron chi connectivity index (χ1n) is 14.1. The van der Waals surface area contributed by atoms with E-state index in [0.29, 0.717) is 12.0 Å². The van der Waals surface area contributed by atoms with Crippen molar-refractivity contribution in [3.05, 3.63) is 139 Å². The van der Waals surface area contributed by atoms with Crippen LogP contribution in [0, 0.1) is 5.92 Å². The van der Waals surface area contributed by atoms with Crippen LogP contribution in [-0.2, 0) is 12.8 Å². The van der Waals surface area contributed by atoms with Crippen molar-refractivity contribution in [3.8, 4) is 0 Å². The molecule has 0 saturated carbocycles. The highest BCUT2D eigenvalue weighted by molar-refractivity contribution is 6.08. The summed E-state index contributed by atoms with van der Waals surface area (Å²) in [5, 5.41) is 2.70. The molecule has 0 bridgehead atoms. The number of para-hydroxylation sites is 3. The second kappa shape index (κ2) is 10.8. The first-order valence-corrected chi connectivity index (χ1v) is 14.1. The second-order valence-corrected chi connectivity index (χ2v) is 11.0. The molecule has 5 aromatic carbocycles. The lowest BCUT2D eigenvalue weighted by molar-refractivity contribution is 0.577. The van der Waals surface area contributed by atoms with Gasteiger partial charge in [-0.25, -0.2) is 0 Å². The van der Waals surface area contributed by atoms with E-state index in [9.17, 15) is 0 Å². The average molecular weight is 509 g/mol. The van der Waals surface area contributed by atoms with Crippen molar-refractivity contribution < 1.29 is 0 Å². The van der Waals surface area contributed by atoms with Crippen molar-refractivity contribution in [3.63, 3.8) is 0 Å². The molecule has 0 saturated heterocycles. The highest BCUT2D eigenvalue weighted by Crippen LogP contribution is 2.35. The van der Waals surface area contributed by atoms with E-state index in [1.54, 1.807) is 0 Å². The van der Waals surface area contributed by atoms with Crippen molar-refractivity contribution in [2.24, 2.45) is 5.92 Å². The fraction of sp³-hybridized carbons (Fsp3) is 0.189. The first-order chi connectivity index (χ1) is 19.1. The molecule has 0 fully saturated rings. The minimum atomic E-state index is 0.421. The molecule has 39 heavy (non-hydrogen) atoms. The Morgan fingerprint density at radius 3 is 1.67 bits per heavy atom.